The molecular weight excluding hydrogens is 514 g/mol. The maximum Gasteiger partial charge on any atom is 0.342 e. The summed E-state index contributed by atoms with van der Waals surface area (Å²) in [6, 6.07) is 12.9. The number of esters is 1. The van der Waals surface area contributed by atoms with E-state index >= 15 is 0 Å². The summed E-state index contributed by atoms with van der Waals surface area (Å²) >= 11 is 0. The van der Waals surface area contributed by atoms with Crippen LogP contribution in [0.4, 0.5) is 5.69 Å². The minimum Gasteiger partial charge on any atom is -0.493 e. The van der Waals surface area contributed by atoms with Gasteiger partial charge in [-0.3, -0.25) is 9.63 Å². The molecule has 7 atom stereocenters. The molecule has 9 heteroatoms. The average molecular weight is 550 g/mol. The Kier molecular flexibility index (Phi) is 6.16. The number of allylic oxidation sites excluding steroid dienone is 1. The molecule has 1 N–H and O–H groups in total. The van der Waals surface area contributed by atoms with Gasteiger partial charge in [-0.2, -0.15) is 0 Å². The summed E-state index contributed by atoms with van der Waals surface area (Å²) in [4.78, 5) is 34.0. The minimum absolute atomic E-state index is 0.209. The molecular formula is C31H35NO8. The van der Waals surface area contributed by atoms with Crippen molar-refractivity contribution in [3.05, 3.63) is 60.2 Å². The number of fused-ring (bicyclic) bond motifs is 4. The highest BCUT2D eigenvalue weighted by Crippen LogP contribution is 2.62. The Morgan fingerprint density at radius 1 is 1.00 bits per heavy atom. The van der Waals surface area contributed by atoms with E-state index in [1.807, 2.05) is 49.4 Å². The molecule has 2 aromatic carbocycles. The highest BCUT2D eigenvalue weighted by molar-refractivity contribution is 6.00. The molecule has 2 unspecified atom stereocenters. The second kappa shape index (κ2) is 9.24. The van der Waals surface area contributed by atoms with Gasteiger partial charge in [0.05, 0.1) is 38.5 Å². The number of carbonyl (C=O) groups excluding carboxylic acids is 2. The lowest BCUT2D eigenvalue weighted by Crippen LogP contribution is -2.57. The summed E-state index contributed by atoms with van der Waals surface area (Å²) in [5.41, 5.74) is -2.52. The predicted molar refractivity (Wildman–Crippen MR) is 145 cm³/mol. The topological polar surface area (TPSA) is 104 Å². The van der Waals surface area contributed by atoms with E-state index in [1.54, 1.807) is 39.4 Å². The van der Waals surface area contributed by atoms with Crippen LogP contribution in [0.1, 0.15) is 44.7 Å². The molecule has 9 nitrogen and oxygen atoms in total. The van der Waals surface area contributed by atoms with Crippen LogP contribution in [0.3, 0.4) is 0 Å². The van der Waals surface area contributed by atoms with Gasteiger partial charge in [0.2, 0.25) is 11.4 Å². The van der Waals surface area contributed by atoms with E-state index in [0.717, 1.165) is 11.3 Å². The van der Waals surface area contributed by atoms with Gasteiger partial charge in [0.25, 0.3) is 0 Å². The number of benzene rings is 2. The quantitative estimate of drug-likeness (QED) is 0.550. The van der Waals surface area contributed by atoms with E-state index in [9.17, 15) is 14.7 Å². The fourth-order valence-electron chi connectivity index (χ4n) is 7.38. The van der Waals surface area contributed by atoms with Crippen molar-refractivity contribution in [2.45, 2.75) is 56.5 Å². The largest absolute Gasteiger partial charge is 0.493 e. The zero-order valence-electron chi connectivity index (χ0n) is 23.4. The van der Waals surface area contributed by atoms with E-state index in [4.69, 9.17) is 23.8 Å². The van der Waals surface area contributed by atoms with E-state index < -0.39 is 40.7 Å². The molecule has 4 aliphatic rings. The summed E-state index contributed by atoms with van der Waals surface area (Å²) < 4.78 is 22.9. The molecule has 2 saturated heterocycles. The number of para-hydroxylation sites is 1. The van der Waals surface area contributed by atoms with Gasteiger partial charge in [0, 0.05) is 12.3 Å². The van der Waals surface area contributed by atoms with Crippen LogP contribution in [0.25, 0.3) is 0 Å². The number of hydrogen-bond donors (Lipinski definition) is 1. The van der Waals surface area contributed by atoms with E-state index in [1.165, 1.54) is 6.08 Å². The smallest absolute Gasteiger partial charge is 0.342 e. The van der Waals surface area contributed by atoms with Crippen LogP contribution in [0.5, 0.6) is 17.2 Å². The first-order valence-corrected chi connectivity index (χ1v) is 13.6. The standard InChI is InChI=1S/C31H35NO8/c1-18-11-12-21-27(29(2)25(33)13-14-31(18,29)35)39-28(34)30(21)17-22(32(40-30)20-9-7-6-8-10-20)19-15-23(36-3)26(38-5)24(16-19)37-4/h6-10,13-16,18,21-22,27,35H,11-12,17H2,1-5H3/t18-,21+,22?,27+,29-,30?,31+/m0/s1. The number of carbonyl (C=O) groups is 2. The second-order valence-corrected chi connectivity index (χ2v) is 11.5. The van der Waals surface area contributed by atoms with Gasteiger partial charge < -0.3 is 24.1 Å². The lowest BCUT2D eigenvalue weighted by Gasteiger charge is -2.43. The van der Waals surface area contributed by atoms with Gasteiger partial charge in [-0.15, -0.1) is 0 Å². The summed E-state index contributed by atoms with van der Waals surface area (Å²) in [5, 5.41) is 13.5. The zero-order valence-corrected chi connectivity index (χ0v) is 23.4. The first-order valence-electron chi connectivity index (χ1n) is 13.6. The number of hydrogen-bond acceptors (Lipinski definition) is 9. The minimum atomic E-state index is -1.41. The third-order valence-electron chi connectivity index (χ3n) is 9.73. The average Bonchev–Trinajstić information content (AvgIpc) is 3.57. The molecule has 6 rings (SSSR count). The Morgan fingerprint density at radius 3 is 2.30 bits per heavy atom. The van der Waals surface area contributed by atoms with Crippen LogP contribution in [0, 0.1) is 17.3 Å². The number of aliphatic hydroxyl groups is 1. The van der Waals surface area contributed by atoms with Crippen LogP contribution in [-0.4, -0.2) is 55.5 Å². The molecule has 1 saturated carbocycles. The fourth-order valence-corrected chi connectivity index (χ4v) is 7.38. The van der Waals surface area contributed by atoms with Gasteiger partial charge in [-0.1, -0.05) is 25.1 Å². The Morgan fingerprint density at radius 2 is 1.68 bits per heavy atom. The van der Waals surface area contributed by atoms with Gasteiger partial charge >= 0.3 is 5.97 Å². The lowest BCUT2D eigenvalue weighted by molar-refractivity contribution is -0.169. The SMILES string of the molecule is COc1cc(C2CC3(ON2c2ccccc2)C(=O)O[C@@H]2[C@H]3CC[C@H](C)[C@]3(O)C=CC(=O)[C@@]23C)cc(OC)c1OC. The van der Waals surface area contributed by atoms with E-state index in [0.29, 0.717) is 30.1 Å². The molecule has 1 spiro atoms. The molecule has 2 aliphatic heterocycles. The van der Waals surface area contributed by atoms with Crippen molar-refractivity contribution in [2.24, 2.45) is 17.3 Å². The number of nitrogens with zero attached hydrogens (tertiary/aromatic N) is 1. The van der Waals surface area contributed by atoms with Crippen molar-refractivity contribution >= 4 is 17.4 Å². The Balaban J connectivity index is 1.48. The van der Waals surface area contributed by atoms with Crippen LogP contribution in [-0.2, 0) is 19.2 Å². The third-order valence-corrected chi connectivity index (χ3v) is 9.73. The summed E-state index contributed by atoms with van der Waals surface area (Å²) in [7, 11) is 4.66. The second-order valence-electron chi connectivity index (χ2n) is 11.5. The molecule has 212 valence electrons. The lowest BCUT2D eigenvalue weighted by atomic mass is 9.63. The molecule has 0 aromatic heterocycles. The maximum atomic E-state index is 13.9. The monoisotopic (exact) mass is 549 g/mol. The Bertz CT molecular complexity index is 1350. The molecule has 0 bridgehead atoms. The van der Waals surface area contributed by atoms with Crippen LogP contribution in [0.2, 0.25) is 0 Å². The number of rotatable bonds is 5. The van der Waals surface area contributed by atoms with E-state index in [-0.39, 0.29) is 18.1 Å². The maximum absolute atomic E-state index is 13.9. The number of ketones is 1. The highest BCUT2D eigenvalue weighted by Gasteiger charge is 2.74. The van der Waals surface area contributed by atoms with Gasteiger partial charge in [-0.25, -0.2) is 9.86 Å². The van der Waals surface area contributed by atoms with Crippen LogP contribution in [0.15, 0.2) is 54.6 Å². The van der Waals surface area contributed by atoms with Gasteiger partial charge in [0.15, 0.2) is 17.3 Å². The van der Waals surface area contributed by atoms with Crippen molar-refractivity contribution in [2.75, 3.05) is 26.4 Å². The Labute approximate surface area is 233 Å². The molecule has 40 heavy (non-hydrogen) atoms. The van der Waals surface area contributed by atoms with Crippen molar-refractivity contribution < 1.29 is 38.5 Å². The van der Waals surface area contributed by atoms with Crippen LogP contribution >= 0.6 is 0 Å². The summed E-state index contributed by atoms with van der Waals surface area (Å²) in [6.07, 6.45) is 3.61. The van der Waals surface area contributed by atoms with E-state index in [2.05, 4.69) is 0 Å². The Hall–Kier alpha value is -3.56. The number of anilines is 1. The number of methoxy groups -OCH3 is 3. The third kappa shape index (κ3) is 3.40. The molecule has 2 heterocycles. The predicted octanol–water partition coefficient (Wildman–Crippen LogP) is 4.18. The molecule has 0 amide bonds. The molecule has 2 aromatic rings. The number of hydroxylamine groups is 1. The molecule has 3 fully saturated rings. The molecule has 0 radical (unpaired) electrons. The first kappa shape index (κ1) is 26.7. The van der Waals surface area contributed by atoms with Crippen molar-refractivity contribution in [3.63, 3.8) is 0 Å². The van der Waals surface area contributed by atoms with Gasteiger partial charge in [0.1, 0.15) is 11.7 Å². The number of ether oxygens (including phenoxy) is 4. The van der Waals surface area contributed by atoms with Crippen molar-refractivity contribution in [3.8, 4) is 17.2 Å². The zero-order chi connectivity index (χ0) is 28.4. The first-order chi connectivity index (χ1) is 19.1. The summed E-state index contributed by atoms with van der Waals surface area (Å²) in [5.74, 6) is 0.0232. The van der Waals surface area contributed by atoms with Crippen LogP contribution < -0.4 is 19.3 Å². The molecule has 2 aliphatic carbocycles. The summed E-state index contributed by atoms with van der Waals surface area (Å²) in [6.45, 7) is 3.67. The van der Waals surface area contributed by atoms with Gasteiger partial charge in [-0.05, 0) is 67.7 Å². The van der Waals surface area contributed by atoms with Crippen molar-refractivity contribution in [1.29, 1.82) is 0 Å². The van der Waals surface area contributed by atoms with Crippen molar-refractivity contribution in [1.82, 2.24) is 0 Å². The fraction of sp³-hybridized carbons (Fsp3) is 0.484. The normalized spacial score (nSPS) is 36.3. The highest BCUT2D eigenvalue weighted by atomic mass is 16.7.